The van der Waals surface area contributed by atoms with Gasteiger partial charge in [0.2, 0.25) is 11.8 Å². The Labute approximate surface area is 182 Å². The average molecular weight is 420 g/mol. The van der Waals surface area contributed by atoms with Crippen LogP contribution in [0.1, 0.15) is 24.6 Å². The minimum atomic E-state index is -0.289. The highest BCUT2D eigenvalue weighted by Gasteiger charge is 2.33. The van der Waals surface area contributed by atoms with Gasteiger partial charge in [-0.25, -0.2) is 0 Å². The van der Waals surface area contributed by atoms with Gasteiger partial charge in [-0.3, -0.25) is 9.59 Å². The second kappa shape index (κ2) is 9.25. The van der Waals surface area contributed by atoms with Gasteiger partial charge in [-0.2, -0.15) is 0 Å². The molecule has 0 bridgehead atoms. The van der Waals surface area contributed by atoms with Crippen LogP contribution in [0.5, 0.6) is 5.75 Å². The summed E-state index contributed by atoms with van der Waals surface area (Å²) < 4.78 is 7.40. The summed E-state index contributed by atoms with van der Waals surface area (Å²) in [5.41, 5.74) is 3.40. The molecule has 0 spiro atoms. The van der Waals surface area contributed by atoms with Crippen molar-refractivity contribution in [2.45, 2.75) is 32.9 Å². The number of likely N-dealkylation sites (tertiary alicyclic amines) is 1. The van der Waals surface area contributed by atoms with E-state index < -0.39 is 0 Å². The number of nitrogens with one attached hydrogen (secondary N) is 1. The molecule has 1 aliphatic rings. The summed E-state index contributed by atoms with van der Waals surface area (Å²) in [7, 11) is 1.64. The standard InChI is InChI=1S/C25H29N3O3/c1-3-28-21(14-19-6-4-5-7-23(19)28)16-26-25(30)20-15-24(29)27(17-20)13-12-18-8-10-22(31-2)11-9-18/h4-11,14,20H,3,12-13,15-17H2,1-2H3,(H,26,30)/t20-/m1/s1. The number of hydrogen-bond acceptors (Lipinski definition) is 3. The van der Waals surface area contributed by atoms with E-state index in [1.807, 2.05) is 36.4 Å². The molecule has 3 aromatic rings. The molecule has 2 amide bonds. The number of benzene rings is 2. The average Bonchev–Trinajstić information content (AvgIpc) is 3.36. The largest absolute Gasteiger partial charge is 0.497 e. The van der Waals surface area contributed by atoms with Gasteiger partial charge in [0.25, 0.3) is 0 Å². The van der Waals surface area contributed by atoms with Crippen LogP contribution in [0, 0.1) is 5.92 Å². The molecule has 1 aliphatic heterocycles. The highest BCUT2D eigenvalue weighted by atomic mass is 16.5. The van der Waals surface area contributed by atoms with Gasteiger partial charge in [-0.15, -0.1) is 0 Å². The Morgan fingerprint density at radius 2 is 1.94 bits per heavy atom. The van der Waals surface area contributed by atoms with E-state index in [1.54, 1.807) is 12.0 Å². The number of rotatable bonds is 8. The van der Waals surface area contributed by atoms with E-state index in [0.717, 1.165) is 30.0 Å². The Balaban J connectivity index is 1.32. The molecule has 2 heterocycles. The second-order valence-corrected chi connectivity index (χ2v) is 8.00. The number of amides is 2. The van der Waals surface area contributed by atoms with Crippen molar-refractivity contribution in [3.05, 3.63) is 65.9 Å². The summed E-state index contributed by atoms with van der Waals surface area (Å²) >= 11 is 0. The molecule has 1 N–H and O–H groups in total. The molecule has 0 saturated carbocycles. The van der Waals surface area contributed by atoms with Gasteiger partial charge in [-0.05, 0) is 48.6 Å². The quantitative estimate of drug-likeness (QED) is 0.609. The molecule has 6 nitrogen and oxygen atoms in total. The molecule has 162 valence electrons. The van der Waals surface area contributed by atoms with E-state index in [2.05, 4.69) is 35.0 Å². The molecule has 0 aliphatic carbocycles. The smallest absolute Gasteiger partial charge is 0.225 e. The summed E-state index contributed by atoms with van der Waals surface area (Å²) in [6.07, 6.45) is 1.05. The first-order valence-electron chi connectivity index (χ1n) is 10.8. The summed E-state index contributed by atoms with van der Waals surface area (Å²) in [4.78, 5) is 27.0. The third-order valence-corrected chi connectivity index (χ3v) is 6.07. The van der Waals surface area contributed by atoms with Crippen molar-refractivity contribution in [1.82, 2.24) is 14.8 Å². The summed E-state index contributed by atoms with van der Waals surface area (Å²) in [6, 6.07) is 18.2. The molecular formula is C25H29N3O3. The van der Waals surface area contributed by atoms with Crippen LogP contribution in [0.4, 0.5) is 0 Å². The zero-order valence-corrected chi connectivity index (χ0v) is 18.1. The van der Waals surface area contributed by atoms with Gasteiger partial charge in [0.05, 0.1) is 19.6 Å². The van der Waals surface area contributed by atoms with Gasteiger partial charge < -0.3 is 19.5 Å². The first-order chi connectivity index (χ1) is 15.1. The normalized spacial score (nSPS) is 16.1. The topological polar surface area (TPSA) is 63.6 Å². The minimum absolute atomic E-state index is 0.0480. The van der Waals surface area contributed by atoms with E-state index in [0.29, 0.717) is 19.6 Å². The summed E-state index contributed by atoms with van der Waals surface area (Å²) in [5.74, 6) is 0.534. The number of fused-ring (bicyclic) bond motifs is 1. The van der Waals surface area contributed by atoms with Crippen molar-refractivity contribution >= 4 is 22.7 Å². The number of aryl methyl sites for hydroxylation is 1. The van der Waals surface area contributed by atoms with Crippen LogP contribution in [-0.4, -0.2) is 41.5 Å². The predicted octanol–water partition coefficient (Wildman–Crippen LogP) is 3.38. The van der Waals surface area contributed by atoms with Crippen LogP contribution < -0.4 is 10.1 Å². The SMILES string of the molecule is CCn1c(CNC(=O)[C@@H]2CC(=O)N(CCc3ccc(OC)cc3)C2)cc2ccccc21. The van der Waals surface area contributed by atoms with Crippen LogP contribution >= 0.6 is 0 Å². The van der Waals surface area contributed by atoms with E-state index >= 15 is 0 Å². The zero-order chi connectivity index (χ0) is 21.8. The molecule has 0 unspecified atom stereocenters. The van der Waals surface area contributed by atoms with Gasteiger partial charge in [0.1, 0.15) is 5.75 Å². The third kappa shape index (κ3) is 4.58. The molecule has 1 saturated heterocycles. The lowest BCUT2D eigenvalue weighted by Gasteiger charge is -2.17. The Morgan fingerprint density at radius 3 is 2.68 bits per heavy atom. The van der Waals surface area contributed by atoms with Gasteiger partial charge in [-0.1, -0.05) is 30.3 Å². The number of methoxy groups -OCH3 is 1. The van der Waals surface area contributed by atoms with E-state index in [9.17, 15) is 9.59 Å². The monoisotopic (exact) mass is 419 g/mol. The summed E-state index contributed by atoms with van der Waals surface area (Å²) in [5, 5.41) is 4.23. The van der Waals surface area contributed by atoms with Crippen LogP contribution in [-0.2, 0) is 29.1 Å². The molecule has 1 aromatic heterocycles. The van der Waals surface area contributed by atoms with Crippen molar-refractivity contribution in [3.63, 3.8) is 0 Å². The molecule has 0 radical (unpaired) electrons. The molecule has 6 heteroatoms. The predicted molar refractivity (Wildman–Crippen MR) is 121 cm³/mol. The fourth-order valence-electron chi connectivity index (χ4n) is 4.33. The number of nitrogens with zero attached hydrogens (tertiary/aromatic N) is 2. The van der Waals surface area contributed by atoms with Gasteiger partial charge in [0.15, 0.2) is 0 Å². The number of para-hydroxylation sites is 1. The Bertz CT molecular complexity index is 1070. The van der Waals surface area contributed by atoms with E-state index in [4.69, 9.17) is 4.74 Å². The van der Waals surface area contributed by atoms with Crippen molar-refractivity contribution in [3.8, 4) is 5.75 Å². The van der Waals surface area contributed by atoms with Crippen LogP contribution in [0.25, 0.3) is 10.9 Å². The van der Waals surface area contributed by atoms with E-state index in [1.165, 1.54) is 10.9 Å². The number of carbonyl (C=O) groups is 2. The molecule has 1 fully saturated rings. The van der Waals surface area contributed by atoms with Crippen molar-refractivity contribution < 1.29 is 14.3 Å². The van der Waals surface area contributed by atoms with E-state index in [-0.39, 0.29) is 24.2 Å². The molecule has 4 rings (SSSR count). The maximum Gasteiger partial charge on any atom is 0.225 e. The lowest BCUT2D eigenvalue weighted by molar-refractivity contribution is -0.129. The van der Waals surface area contributed by atoms with Gasteiger partial charge in [0, 0.05) is 37.3 Å². The number of carbonyl (C=O) groups excluding carboxylic acids is 2. The van der Waals surface area contributed by atoms with Crippen LogP contribution in [0.15, 0.2) is 54.6 Å². The number of aromatic nitrogens is 1. The lowest BCUT2D eigenvalue weighted by atomic mass is 10.1. The maximum absolute atomic E-state index is 12.8. The fraction of sp³-hybridized carbons (Fsp3) is 0.360. The first kappa shape index (κ1) is 21.0. The molecule has 31 heavy (non-hydrogen) atoms. The fourth-order valence-corrected chi connectivity index (χ4v) is 4.33. The Hall–Kier alpha value is -3.28. The Kier molecular flexibility index (Phi) is 6.26. The minimum Gasteiger partial charge on any atom is -0.497 e. The Morgan fingerprint density at radius 1 is 1.16 bits per heavy atom. The number of ether oxygens (including phenoxy) is 1. The van der Waals surface area contributed by atoms with Crippen LogP contribution in [0.2, 0.25) is 0 Å². The highest BCUT2D eigenvalue weighted by molar-refractivity contribution is 5.89. The molecule has 1 atom stereocenters. The lowest BCUT2D eigenvalue weighted by Crippen LogP contribution is -2.33. The molecule has 2 aromatic carbocycles. The van der Waals surface area contributed by atoms with Crippen molar-refractivity contribution in [1.29, 1.82) is 0 Å². The second-order valence-electron chi connectivity index (χ2n) is 8.00. The molecular weight excluding hydrogens is 390 g/mol. The maximum atomic E-state index is 12.8. The number of hydrogen-bond donors (Lipinski definition) is 1. The third-order valence-electron chi connectivity index (χ3n) is 6.07. The first-order valence-corrected chi connectivity index (χ1v) is 10.8. The zero-order valence-electron chi connectivity index (χ0n) is 18.1. The van der Waals surface area contributed by atoms with Crippen molar-refractivity contribution in [2.24, 2.45) is 5.92 Å². The summed E-state index contributed by atoms with van der Waals surface area (Å²) in [6.45, 7) is 4.53. The van der Waals surface area contributed by atoms with Gasteiger partial charge >= 0.3 is 0 Å². The highest BCUT2D eigenvalue weighted by Crippen LogP contribution is 2.22. The van der Waals surface area contributed by atoms with Crippen molar-refractivity contribution in [2.75, 3.05) is 20.2 Å². The van der Waals surface area contributed by atoms with Crippen LogP contribution in [0.3, 0.4) is 0 Å².